The van der Waals surface area contributed by atoms with Crippen LogP contribution in [0.15, 0.2) is 18.2 Å². The van der Waals surface area contributed by atoms with Gasteiger partial charge >= 0.3 is 0 Å². The van der Waals surface area contributed by atoms with E-state index < -0.39 is 0 Å². The van der Waals surface area contributed by atoms with Crippen LogP contribution in [0, 0.1) is 20.8 Å². The maximum atomic E-state index is 6.17. The molecular weight excluding hydrogens is 234 g/mol. The maximum absolute atomic E-state index is 6.17. The van der Waals surface area contributed by atoms with Crippen molar-refractivity contribution in [2.24, 2.45) is 5.73 Å². The predicted octanol–water partition coefficient (Wildman–Crippen LogP) is 2.91. The van der Waals surface area contributed by atoms with E-state index in [1.807, 2.05) is 24.6 Å². The zero-order valence-corrected chi connectivity index (χ0v) is 11.0. The molecule has 1 aromatic carbocycles. The largest absolute Gasteiger partial charge is 0.326 e. The van der Waals surface area contributed by atoms with E-state index in [1.165, 1.54) is 5.56 Å². The van der Waals surface area contributed by atoms with Gasteiger partial charge in [-0.25, -0.2) is 4.68 Å². The fourth-order valence-corrected chi connectivity index (χ4v) is 2.02. The molecule has 0 saturated heterocycles. The van der Waals surface area contributed by atoms with E-state index in [9.17, 15) is 0 Å². The lowest BCUT2D eigenvalue weighted by molar-refractivity contribution is 0.816. The molecule has 90 valence electrons. The minimum Gasteiger partial charge on any atom is -0.326 e. The van der Waals surface area contributed by atoms with Crippen molar-refractivity contribution in [1.82, 2.24) is 9.78 Å². The molecule has 0 unspecified atom stereocenters. The number of nitrogens with two attached hydrogens (primary N) is 1. The van der Waals surface area contributed by atoms with Gasteiger partial charge in [0.05, 0.1) is 22.1 Å². The highest BCUT2D eigenvalue weighted by atomic mass is 35.5. The topological polar surface area (TPSA) is 43.8 Å². The summed E-state index contributed by atoms with van der Waals surface area (Å²) in [4.78, 5) is 0. The third-order valence-electron chi connectivity index (χ3n) is 2.89. The first-order chi connectivity index (χ1) is 8.04. The molecule has 0 radical (unpaired) electrons. The molecule has 2 rings (SSSR count). The number of halogens is 1. The van der Waals surface area contributed by atoms with Crippen LogP contribution in [0.3, 0.4) is 0 Å². The summed E-state index contributed by atoms with van der Waals surface area (Å²) in [5.41, 5.74) is 10.8. The van der Waals surface area contributed by atoms with Crippen LogP contribution in [0.2, 0.25) is 5.02 Å². The summed E-state index contributed by atoms with van der Waals surface area (Å²) in [5, 5.41) is 5.18. The summed E-state index contributed by atoms with van der Waals surface area (Å²) in [6.07, 6.45) is 0. The lowest BCUT2D eigenvalue weighted by atomic mass is 10.1. The van der Waals surface area contributed by atoms with Crippen molar-refractivity contribution in [3.63, 3.8) is 0 Å². The fraction of sp³-hybridized carbons (Fsp3) is 0.308. The molecule has 0 spiro atoms. The Morgan fingerprint density at radius 1 is 1.29 bits per heavy atom. The zero-order valence-electron chi connectivity index (χ0n) is 10.3. The third kappa shape index (κ3) is 2.08. The second-order valence-electron chi connectivity index (χ2n) is 4.23. The highest BCUT2D eigenvalue weighted by Crippen LogP contribution is 2.24. The van der Waals surface area contributed by atoms with Gasteiger partial charge in [-0.15, -0.1) is 0 Å². The summed E-state index contributed by atoms with van der Waals surface area (Å²) in [6.45, 7) is 6.41. The molecule has 0 atom stereocenters. The molecule has 1 heterocycles. The first kappa shape index (κ1) is 12.1. The Morgan fingerprint density at radius 3 is 2.53 bits per heavy atom. The molecule has 0 aliphatic carbocycles. The normalized spacial score (nSPS) is 10.9. The van der Waals surface area contributed by atoms with E-state index in [0.717, 1.165) is 27.7 Å². The van der Waals surface area contributed by atoms with Crippen molar-refractivity contribution in [3.05, 3.63) is 45.7 Å². The minimum absolute atomic E-state index is 0.492. The van der Waals surface area contributed by atoms with Crippen LogP contribution >= 0.6 is 11.6 Å². The molecule has 1 aromatic heterocycles. The Hall–Kier alpha value is -1.32. The maximum Gasteiger partial charge on any atom is 0.0848 e. The van der Waals surface area contributed by atoms with E-state index in [4.69, 9.17) is 17.3 Å². The molecule has 3 nitrogen and oxygen atoms in total. The average Bonchev–Trinajstić information content (AvgIpc) is 2.57. The summed E-state index contributed by atoms with van der Waals surface area (Å²) >= 11 is 6.17. The van der Waals surface area contributed by atoms with Gasteiger partial charge in [-0.3, -0.25) is 0 Å². The molecule has 0 saturated carbocycles. The van der Waals surface area contributed by atoms with Crippen molar-refractivity contribution >= 4 is 11.6 Å². The molecule has 0 bridgehead atoms. The van der Waals surface area contributed by atoms with Gasteiger partial charge in [-0.05, 0) is 38.0 Å². The monoisotopic (exact) mass is 249 g/mol. The number of hydrogen-bond donors (Lipinski definition) is 1. The molecule has 0 aliphatic rings. The number of aryl methyl sites for hydroxylation is 2. The van der Waals surface area contributed by atoms with Gasteiger partial charge in [0.25, 0.3) is 0 Å². The summed E-state index contributed by atoms with van der Waals surface area (Å²) < 4.78 is 1.87. The van der Waals surface area contributed by atoms with Gasteiger partial charge < -0.3 is 5.73 Å². The van der Waals surface area contributed by atoms with Gasteiger partial charge in [0.15, 0.2) is 0 Å². The lowest BCUT2D eigenvalue weighted by Crippen LogP contribution is -2.07. The summed E-state index contributed by atoms with van der Waals surface area (Å²) in [5.74, 6) is 0. The second kappa shape index (κ2) is 4.51. The minimum atomic E-state index is 0.492. The van der Waals surface area contributed by atoms with Gasteiger partial charge in [0.1, 0.15) is 0 Å². The Kier molecular flexibility index (Phi) is 3.22. The molecule has 2 aromatic rings. The Balaban J connectivity index is 2.67. The van der Waals surface area contributed by atoms with Crippen molar-refractivity contribution in [2.75, 3.05) is 0 Å². The van der Waals surface area contributed by atoms with Gasteiger partial charge in [0, 0.05) is 6.54 Å². The SMILES string of the molecule is Cc1ccc(CN)c(-n2nc(C)c(Cl)c2C)c1. The van der Waals surface area contributed by atoms with Crippen molar-refractivity contribution in [1.29, 1.82) is 0 Å². The number of hydrogen-bond acceptors (Lipinski definition) is 2. The number of aromatic nitrogens is 2. The van der Waals surface area contributed by atoms with E-state index in [0.29, 0.717) is 6.54 Å². The lowest BCUT2D eigenvalue weighted by Gasteiger charge is -2.10. The summed E-state index contributed by atoms with van der Waals surface area (Å²) in [7, 11) is 0. The summed E-state index contributed by atoms with van der Waals surface area (Å²) in [6, 6.07) is 6.17. The predicted molar refractivity (Wildman–Crippen MR) is 70.7 cm³/mol. The molecule has 2 N–H and O–H groups in total. The smallest absolute Gasteiger partial charge is 0.0848 e. The molecule has 17 heavy (non-hydrogen) atoms. The fourth-order valence-electron chi connectivity index (χ4n) is 1.90. The first-order valence-corrected chi connectivity index (χ1v) is 5.94. The highest BCUT2D eigenvalue weighted by Gasteiger charge is 2.13. The molecule has 4 heteroatoms. The van der Waals surface area contributed by atoms with E-state index >= 15 is 0 Å². The third-order valence-corrected chi connectivity index (χ3v) is 3.44. The van der Waals surface area contributed by atoms with Crippen molar-refractivity contribution in [2.45, 2.75) is 27.3 Å². The number of benzene rings is 1. The van der Waals surface area contributed by atoms with Crippen LogP contribution in [0.25, 0.3) is 5.69 Å². The van der Waals surface area contributed by atoms with Gasteiger partial charge in [-0.1, -0.05) is 23.7 Å². The van der Waals surface area contributed by atoms with Crippen LogP contribution in [0.1, 0.15) is 22.5 Å². The van der Waals surface area contributed by atoms with Crippen LogP contribution in [-0.2, 0) is 6.54 Å². The number of rotatable bonds is 2. The van der Waals surface area contributed by atoms with E-state index in [2.05, 4.69) is 24.2 Å². The average molecular weight is 250 g/mol. The van der Waals surface area contributed by atoms with Crippen LogP contribution in [0.4, 0.5) is 0 Å². The van der Waals surface area contributed by atoms with Gasteiger partial charge in [0.2, 0.25) is 0 Å². The van der Waals surface area contributed by atoms with Gasteiger partial charge in [-0.2, -0.15) is 5.10 Å². The molecule has 0 amide bonds. The van der Waals surface area contributed by atoms with Crippen LogP contribution in [0.5, 0.6) is 0 Å². The Morgan fingerprint density at radius 2 is 2.00 bits per heavy atom. The first-order valence-electron chi connectivity index (χ1n) is 5.56. The standard InChI is InChI=1S/C13H16ClN3/c1-8-4-5-11(7-15)12(6-8)17-10(3)13(14)9(2)16-17/h4-6H,7,15H2,1-3H3. The molecular formula is C13H16ClN3. The number of nitrogens with zero attached hydrogens (tertiary/aromatic N) is 2. The van der Waals surface area contributed by atoms with Crippen molar-refractivity contribution < 1.29 is 0 Å². The quantitative estimate of drug-likeness (QED) is 0.890. The Labute approximate surface area is 106 Å². The zero-order chi connectivity index (χ0) is 12.6. The Bertz CT molecular complexity index is 558. The van der Waals surface area contributed by atoms with E-state index in [-0.39, 0.29) is 0 Å². The molecule has 0 aliphatic heterocycles. The molecule has 0 fully saturated rings. The van der Waals surface area contributed by atoms with Crippen LogP contribution < -0.4 is 5.73 Å². The highest BCUT2D eigenvalue weighted by molar-refractivity contribution is 6.31. The van der Waals surface area contributed by atoms with Crippen LogP contribution in [-0.4, -0.2) is 9.78 Å². The van der Waals surface area contributed by atoms with E-state index in [1.54, 1.807) is 0 Å². The van der Waals surface area contributed by atoms with Crippen molar-refractivity contribution in [3.8, 4) is 5.69 Å². The second-order valence-corrected chi connectivity index (χ2v) is 4.61.